The highest BCUT2D eigenvalue weighted by Gasteiger charge is 2.56. The minimum Gasteiger partial charge on any atom is -0.325 e. The molecule has 7 nitrogen and oxygen atoms in total. The number of halogens is 1. The highest BCUT2D eigenvalue weighted by Crippen LogP contribution is 2.54. The van der Waals surface area contributed by atoms with Gasteiger partial charge in [0.2, 0.25) is 17.7 Å². The van der Waals surface area contributed by atoms with Crippen molar-refractivity contribution in [3.8, 4) is 0 Å². The predicted octanol–water partition coefficient (Wildman–Crippen LogP) is 6.09. The number of aryl methyl sites for hydroxylation is 1. The normalized spacial score (nSPS) is 19.7. The Morgan fingerprint density at radius 3 is 2.30 bits per heavy atom. The molecule has 2 aliphatic rings. The second-order valence-electron chi connectivity index (χ2n) is 11.9. The average Bonchev–Trinajstić information content (AvgIpc) is 3.39. The van der Waals surface area contributed by atoms with E-state index in [-0.39, 0.29) is 22.7 Å². The number of amides is 3. The standard InChI is InChI=1S/C33H30FN3O4S2/c1-18-6-5-7-22(16-18)35-24(38)17-36-31-28(43-32(36)41)25(19-8-10-20(11-9-19)33(2,3)4)26-27(42-31)30(40)37(29(26)39)23-14-12-21(34)13-15-23/h5-16,25-27H,17H2,1-4H3,(H,35,38)/t25-,26-,27+/m0/s1. The quantitative estimate of drug-likeness (QED) is 0.275. The Balaban J connectivity index is 1.42. The van der Waals surface area contributed by atoms with Crippen LogP contribution in [0.1, 0.15) is 48.3 Å². The van der Waals surface area contributed by atoms with Crippen molar-refractivity contribution in [2.24, 2.45) is 5.92 Å². The molecule has 3 aromatic carbocycles. The molecule has 2 aliphatic heterocycles. The van der Waals surface area contributed by atoms with Gasteiger partial charge in [0.1, 0.15) is 17.6 Å². The number of benzene rings is 3. The van der Waals surface area contributed by atoms with Gasteiger partial charge in [-0.2, -0.15) is 0 Å². The predicted molar refractivity (Wildman–Crippen MR) is 167 cm³/mol. The summed E-state index contributed by atoms with van der Waals surface area (Å²) >= 11 is 2.16. The summed E-state index contributed by atoms with van der Waals surface area (Å²) in [5, 5.41) is 2.54. The molecule has 4 aromatic rings. The van der Waals surface area contributed by atoms with E-state index in [9.17, 15) is 23.6 Å². The molecule has 0 bridgehead atoms. The molecule has 1 aromatic heterocycles. The Morgan fingerprint density at radius 2 is 1.65 bits per heavy atom. The van der Waals surface area contributed by atoms with Crippen LogP contribution in [0.3, 0.4) is 0 Å². The van der Waals surface area contributed by atoms with Crippen molar-refractivity contribution in [2.45, 2.75) is 55.8 Å². The van der Waals surface area contributed by atoms with E-state index < -0.39 is 34.7 Å². The first-order chi connectivity index (χ1) is 20.4. The van der Waals surface area contributed by atoms with Gasteiger partial charge in [-0.15, -0.1) is 0 Å². The number of carbonyl (C=O) groups excluding carboxylic acids is 3. The van der Waals surface area contributed by atoms with Crippen LogP contribution in [0.5, 0.6) is 0 Å². The molecule has 6 rings (SSSR count). The van der Waals surface area contributed by atoms with Gasteiger partial charge in [-0.1, -0.05) is 80.3 Å². The molecule has 0 aliphatic carbocycles. The molecule has 3 amide bonds. The highest BCUT2D eigenvalue weighted by atomic mass is 32.2. The van der Waals surface area contributed by atoms with Crippen LogP contribution < -0.4 is 15.1 Å². The molecule has 3 atom stereocenters. The molecule has 10 heteroatoms. The Kier molecular flexibility index (Phi) is 7.38. The molecule has 0 spiro atoms. The number of thiazole rings is 1. The minimum absolute atomic E-state index is 0.0913. The second-order valence-corrected chi connectivity index (χ2v) is 14.1. The minimum atomic E-state index is -0.822. The third-order valence-corrected chi connectivity index (χ3v) is 10.5. The molecule has 0 radical (unpaired) electrons. The van der Waals surface area contributed by atoms with Crippen LogP contribution in [0.2, 0.25) is 0 Å². The Morgan fingerprint density at radius 1 is 0.953 bits per heavy atom. The fraction of sp³-hybridized carbons (Fsp3) is 0.273. The topological polar surface area (TPSA) is 88.5 Å². The summed E-state index contributed by atoms with van der Waals surface area (Å²) in [6.45, 7) is 8.02. The van der Waals surface area contributed by atoms with Crippen LogP contribution in [-0.2, 0) is 26.3 Å². The van der Waals surface area contributed by atoms with Crippen LogP contribution in [0.4, 0.5) is 15.8 Å². The third-order valence-electron chi connectivity index (χ3n) is 7.87. The first-order valence-corrected chi connectivity index (χ1v) is 15.6. The zero-order valence-corrected chi connectivity index (χ0v) is 25.7. The van der Waals surface area contributed by atoms with Crippen molar-refractivity contribution >= 4 is 52.2 Å². The first-order valence-electron chi connectivity index (χ1n) is 13.9. The molecule has 1 fully saturated rings. The number of fused-ring (bicyclic) bond motifs is 2. The lowest BCUT2D eigenvalue weighted by molar-refractivity contribution is -0.122. The summed E-state index contributed by atoms with van der Waals surface area (Å²) in [5.41, 5.74) is 3.74. The number of aromatic nitrogens is 1. The maximum atomic E-state index is 14.0. The monoisotopic (exact) mass is 615 g/mol. The number of rotatable bonds is 5. The summed E-state index contributed by atoms with van der Waals surface area (Å²) in [6.07, 6.45) is 0. The van der Waals surface area contributed by atoms with Crippen LogP contribution in [0, 0.1) is 18.7 Å². The van der Waals surface area contributed by atoms with E-state index in [1.165, 1.54) is 28.8 Å². The van der Waals surface area contributed by atoms with E-state index in [2.05, 4.69) is 26.1 Å². The number of hydrogen-bond donors (Lipinski definition) is 1. The SMILES string of the molecule is Cc1cccc(NC(=O)Cn2c3c(sc2=O)[C@@H](c2ccc(C(C)(C)C)cc2)[C@@H]2C(=O)N(c4ccc(F)cc4)C(=O)[C@@H]2S3)c1. The largest absolute Gasteiger partial charge is 0.325 e. The van der Waals surface area contributed by atoms with Gasteiger partial charge in [0, 0.05) is 16.5 Å². The van der Waals surface area contributed by atoms with Gasteiger partial charge in [-0.05, 0) is 65.4 Å². The number of carbonyl (C=O) groups is 3. The average molecular weight is 616 g/mol. The van der Waals surface area contributed by atoms with Gasteiger partial charge in [-0.25, -0.2) is 9.29 Å². The second kappa shape index (κ2) is 10.9. The van der Waals surface area contributed by atoms with Crippen molar-refractivity contribution in [1.82, 2.24) is 4.57 Å². The lowest BCUT2D eigenvalue weighted by atomic mass is 9.81. The summed E-state index contributed by atoms with van der Waals surface area (Å²) < 4.78 is 15.1. The van der Waals surface area contributed by atoms with Crippen molar-refractivity contribution in [1.29, 1.82) is 0 Å². The van der Waals surface area contributed by atoms with Gasteiger partial charge in [0.15, 0.2) is 0 Å². The molecule has 3 heterocycles. The number of imide groups is 1. The molecule has 0 saturated carbocycles. The third kappa shape index (κ3) is 5.34. The van der Waals surface area contributed by atoms with Crippen molar-refractivity contribution in [3.05, 3.63) is 110 Å². The summed E-state index contributed by atoms with van der Waals surface area (Å²) in [4.78, 5) is 55.8. The Hall–Kier alpha value is -4.02. The maximum absolute atomic E-state index is 14.0. The lowest BCUT2D eigenvalue weighted by Gasteiger charge is -2.31. The van der Waals surface area contributed by atoms with E-state index in [0.29, 0.717) is 21.3 Å². The van der Waals surface area contributed by atoms with E-state index in [1.54, 1.807) is 6.07 Å². The number of thioether (sulfide) groups is 1. The van der Waals surface area contributed by atoms with Crippen LogP contribution >= 0.6 is 23.1 Å². The zero-order valence-electron chi connectivity index (χ0n) is 24.1. The lowest BCUT2D eigenvalue weighted by Crippen LogP contribution is -2.33. The van der Waals surface area contributed by atoms with Gasteiger partial charge in [0.25, 0.3) is 0 Å². The fourth-order valence-electron chi connectivity index (χ4n) is 5.72. The van der Waals surface area contributed by atoms with Crippen LogP contribution in [-0.4, -0.2) is 27.5 Å². The molecular formula is C33H30FN3O4S2. The van der Waals surface area contributed by atoms with Crippen molar-refractivity contribution < 1.29 is 18.8 Å². The number of anilines is 2. The number of nitrogens with one attached hydrogen (secondary N) is 1. The van der Waals surface area contributed by atoms with E-state index in [1.807, 2.05) is 49.4 Å². The molecular weight excluding hydrogens is 586 g/mol. The van der Waals surface area contributed by atoms with E-state index in [4.69, 9.17) is 0 Å². The maximum Gasteiger partial charge on any atom is 0.308 e. The van der Waals surface area contributed by atoms with E-state index >= 15 is 0 Å². The summed E-state index contributed by atoms with van der Waals surface area (Å²) in [7, 11) is 0. The molecule has 220 valence electrons. The van der Waals surface area contributed by atoms with Gasteiger partial charge < -0.3 is 5.32 Å². The molecule has 43 heavy (non-hydrogen) atoms. The van der Waals surface area contributed by atoms with Gasteiger partial charge in [-0.3, -0.25) is 23.7 Å². The molecule has 1 saturated heterocycles. The van der Waals surface area contributed by atoms with Gasteiger partial charge in [0.05, 0.1) is 16.6 Å². The number of hydrogen-bond acceptors (Lipinski definition) is 6. The summed E-state index contributed by atoms with van der Waals surface area (Å²) in [6, 6.07) is 20.6. The smallest absolute Gasteiger partial charge is 0.308 e. The Bertz CT molecular complexity index is 1810. The Labute approximate surface area is 256 Å². The molecule has 0 unspecified atom stereocenters. The van der Waals surface area contributed by atoms with E-state index in [0.717, 1.165) is 44.7 Å². The first kappa shape index (κ1) is 29.1. The highest BCUT2D eigenvalue weighted by molar-refractivity contribution is 8.00. The fourth-order valence-corrected chi connectivity index (χ4v) is 8.49. The van der Waals surface area contributed by atoms with Crippen LogP contribution in [0.15, 0.2) is 82.6 Å². The summed E-state index contributed by atoms with van der Waals surface area (Å²) in [5.74, 6) is -3.01. The van der Waals surface area contributed by atoms with Crippen molar-refractivity contribution in [2.75, 3.05) is 10.2 Å². The van der Waals surface area contributed by atoms with Crippen molar-refractivity contribution in [3.63, 3.8) is 0 Å². The van der Waals surface area contributed by atoms with Crippen LogP contribution in [0.25, 0.3) is 0 Å². The number of nitrogens with zero attached hydrogens (tertiary/aromatic N) is 2. The zero-order chi connectivity index (χ0) is 30.6. The molecule has 1 N–H and O–H groups in total. The van der Waals surface area contributed by atoms with Gasteiger partial charge >= 0.3 is 4.87 Å².